The van der Waals surface area contributed by atoms with Gasteiger partial charge in [-0.2, -0.15) is 0 Å². The minimum atomic E-state index is 0.638. The zero-order valence-corrected chi connectivity index (χ0v) is 33.5. The van der Waals surface area contributed by atoms with E-state index in [1.807, 2.05) is 30.0 Å². The van der Waals surface area contributed by atoms with Crippen molar-refractivity contribution in [3.63, 3.8) is 0 Å². The number of nitrogens with zero attached hydrogens (tertiary/aromatic N) is 5. The van der Waals surface area contributed by atoms with Crippen LogP contribution < -0.4 is 0 Å². The van der Waals surface area contributed by atoms with Gasteiger partial charge in [-0.25, -0.2) is 15.0 Å². The van der Waals surface area contributed by atoms with Crippen molar-refractivity contribution >= 4 is 66.1 Å². The second kappa shape index (κ2) is 13.4. The number of hydrogen-bond donors (Lipinski definition) is 0. The fourth-order valence-corrected chi connectivity index (χ4v) is 10.3. The van der Waals surface area contributed by atoms with Gasteiger partial charge in [-0.05, 0) is 87.3 Å². The number of benzene rings is 9. The van der Waals surface area contributed by atoms with Crippen LogP contribution in [0, 0.1) is 0 Å². The molecule has 0 amide bonds. The molecule has 9 aromatic carbocycles. The predicted octanol–water partition coefficient (Wildman–Crippen LogP) is 14.4. The Balaban J connectivity index is 0.945. The average Bonchev–Trinajstić information content (AvgIpc) is 3.85. The van der Waals surface area contributed by atoms with Gasteiger partial charge in [-0.15, -0.1) is 0 Å². The van der Waals surface area contributed by atoms with Crippen LogP contribution in [0.4, 0.5) is 0 Å². The molecule has 0 saturated heterocycles. The molecule has 0 atom stereocenters. The molecular weight excluding hydrogens is 763 g/mol. The first-order chi connectivity index (χ1) is 30.2. The molecule has 1 aliphatic rings. The molecule has 61 heavy (non-hydrogen) atoms. The van der Waals surface area contributed by atoms with Crippen LogP contribution in [0.15, 0.2) is 210 Å². The molecule has 0 unspecified atom stereocenters. The molecule has 0 saturated carbocycles. The van der Waals surface area contributed by atoms with E-state index < -0.39 is 0 Å². The maximum atomic E-state index is 5.14. The highest BCUT2D eigenvalue weighted by molar-refractivity contribution is 7.99. The van der Waals surface area contributed by atoms with Crippen LogP contribution in [0.25, 0.3) is 111 Å². The summed E-state index contributed by atoms with van der Waals surface area (Å²) in [5.74, 6) is 1.92. The first-order valence-electron chi connectivity index (χ1n) is 20.5. The second-order valence-electron chi connectivity index (χ2n) is 15.7. The molecule has 284 valence electrons. The zero-order chi connectivity index (χ0) is 40.0. The van der Waals surface area contributed by atoms with Gasteiger partial charge < -0.3 is 0 Å². The van der Waals surface area contributed by atoms with Crippen molar-refractivity contribution in [3.8, 4) is 56.7 Å². The summed E-state index contributed by atoms with van der Waals surface area (Å²) in [5.41, 5.74) is 11.2. The van der Waals surface area contributed by atoms with Crippen LogP contribution >= 0.6 is 11.8 Å². The normalized spacial score (nSPS) is 12.2. The summed E-state index contributed by atoms with van der Waals surface area (Å²) in [7, 11) is 0. The molecule has 12 aromatic rings. The Morgan fingerprint density at radius 3 is 1.64 bits per heavy atom. The van der Waals surface area contributed by atoms with E-state index in [0.717, 1.165) is 38.5 Å². The van der Waals surface area contributed by atoms with Gasteiger partial charge in [-0.1, -0.05) is 157 Å². The van der Waals surface area contributed by atoms with Crippen LogP contribution in [0.1, 0.15) is 0 Å². The largest absolute Gasteiger partial charge is 0.295 e. The van der Waals surface area contributed by atoms with Crippen LogP contribution in [0.2, 0.25) is 0 Å². The lowest BCUT2D eigenvalue weighted by molar-refractivity contribution is 1.03. The third kappa shape index (κ3) is 5.39. The Bertz CT molecular complexity index is 3740. The second-order valence-corrected chi connectivity index (χ2v) is 16.8. The number of hydrogen-bond acceptors (Lipinski definition) is 4. The topological polar surface area (TPSA) is 48.5 Å². The van der Waals surface area contributed by atoms with E-state index in [9.17, 15) is 0 Å². The molecule has 4 heterocycles. The Morgan fingerprint density at radius 2 is 0.902 bits per heavy atom. The van der Waals surface area contributed by atoms with Gasteiger partial charge in [0.15, 0.2) is 17.5 Å². The SMILES string of the molecule is c1ccc(-c2ccc3cc(-c4nc(-c5ccccc5)nc(-c5ccc6cc(-n7c8ccccc8c8c9cccc%10c9n(c87)-c7ccccc7S%10)ccc6c5)n4)ccc3c2)cc1. The Labute approximate surface area is 355 Å². The number of aromatic nitrogens is 5. The smallest absolute Gasteiger partial charge is 0.164 e. The van der Waals surface area contributed by atoms with Gasteiger partial charge in [-0.3, -0.25) is 9.13 Å². The molecule has 0 spiro atoms. The van der Waals surface area contributed by atoms with E-state index in [0.29, 0.717) is 17.5 Å². The average molecular weight is 796 g/mol. The van der Waals surface area contributed by atoms with E-state index in [2.05, 4.69) is 191 Å². The molecule has 13 rings (SSSR count). The first-order valence-corrected chi connectivity index (χ1v) is 21.3. The quantitative estimate of drug-likeness (QED) is 0.174. The predicted molar refractivity (Wildman–Crippen MR) is 252 cm³/mol. The van der Waals surface area contributed by atoms with Crippen molar-refractivity contribution in [2.75, 3.05) is 0 Å². The molecule has 0 fully saturated rings. The molecule has 6 heteroatoms. The minimum Gasteiger partial charge on any atom is -0.295 e. The maximum Gasteiger partial charge on any atom is 0.164 e. The van der Waals surface area contributed by atoms with Crippen LogP contribution in [0.5, 0.6) is 0 Å². The van der Waals surface area contributed by atoms with E-state index in [-0.39, 0.29) is 0 Å². The Hall–Kier alpha value is -7.80. The van der Waals surface area contributed by atoms with Crippen molar-refractivity contribution < 1.29 is 0 Å². The van der Waals surface area contributed by atoms with Crippen molar-refractivity contribution in [2.24, 2.45) is 0 Å². The van der Waals surface area contributed by atoms with Crippen molar-refractivity contribution in [1.29, 1.82) is 0 Å². The molecule has 1 aliphatic heterocycles. The molecule has 3 aromatic heterocycles. The van der Waals surface area contributed by atoms with Crippen molar-refractivity contribution in [3.05, 3.63) is 200 Å². The molecule has 0 N–H and O–H groups in total. The maximum absolute atomic E-state index is 5.14. The van der Waals surface area contributed by atoms with E-state index in [1.165, 1.54) is 64.8 Å². The summed E-state index contributed by atoms with van der Waals surface area (Å²) in [4.78, 5) is 17.8. The van der Waals surface area contributed by atoms with E-state index in [4.69, 9.17) is 15.0 Å². The third-order valence-electron chi connectivity index (χ3n) is 12.1. The first kappa shape index (κ1) is 34.1. The summed E-state index contributed by atoms with van der Waals surface area (Å²) in [5, 5.41) is 8.37. The summed E-state index contributed by atoms with van der Waals surface area (Å²) < 4.78 is 4.93. The van der Waals surface area contributed by atoms with Crippen molar-refractivity contribution in [2.45, 2.75) is 9.79 Å². The van der Waals surface area contributed by atoms with E-state index in [1.54, 1.807) is 0 Å². The van der Waals surface area contributed by atoms with Gasteiger partial charge in [0, 0.05) is 48.3 Å². The fraction of sp³-hybridized carbons (Fsp3) is 0. The van der Waals surface area contributed by atoms with Crippen molar-refractivity contribution in [1.82, 2.24) is 24.1 Å². The standard InChI is InChI=1S/C55H33N5S/c1-3-12-34(13-4-1)36-22-23-38-31-41(26-24-37(38)30-36)53-56-52(35-14-5-2-6-15-35)57-54(58-53)42-27-25-40-33-43(29-28-39(40)32-42)59-46-18-8-7-16-44(46)50-45-17-11-21-49-51(45)60(55(50)59)47-19-9-10-20-48(47)61-49/h1-33H. The van der Waals surface area contributed by atoms with E-state index >= 15 is 0 Å². The Morgan fingerprint density at radius 1 is 0.361 bits per heavy atom. The lowest BCUT2D eigenvalue weighted by Crippen LogP contribution is -2.05. The summed E-state index contributed by atoms with van der Waals surface area (Å²) in [6.07, 6.45) is 0. The number of fused-ring (bicyclic) bond motifs is 9. The van der Waals surface area contributed by atoms with Gasteiger partial charge in [0.1, 0.15) is 5.65 Å². The lowest BCUT2D eigenvalue weighted by atomic mass is 10.00. The van der Waals surface area contributed by atoms with Gasteiger partial charge >= 0.3 is 0 Å². The monoisotopic (exact) mass is 795 g/mol. The minimum absolute atomic E-state index is 0.638. The lowest BCUT2D eigenvalue weighted by Gasteiger charge is -2.21. The fourth-order valence-electron chi connectivity index (χ4n) is 9.25. The van der Waals surface area contributed by atoms with Crippen LogP contribution in [0.3, 0.4) is 0 Å². The highest BCUT2D eigenvalue weighted by Crippen LogP contribution is 2.49. The summed E-state index contributed by atoms with van der Waals surface area (Å²) >= 11 is 1.86. The van der Waals surface area contributed by atoms with Gasteiger partial charge in [0.2, 0.25) is 0 Å². The highest BCUT2D eigenvalue weighted by Gasteiger charge is 2.27. The zero-order valence-electron chi connectivity index (χ0n) is 32.7. The molecule has 0 aliphatic carbocycles. The third-order valence-corrected chi connectivity index (χ3v) is 13.2. The highest BCUT2D eigenvalue weighted by atomic mass is 32.2. The van der Waals surface area contributed by atoms with Gasteiger partial charge in [0.05, 0.1) is 16.7 Å². The summed E-state index contributed by atoms with van der Waals surface area (Å²) in [6.45, 7) is 0. The number of rotatable bonds is 5. The summed E-state index contributed by atoms with van der Waals surface area (Å²) in [6, 6.07) is 71.4. The van der Waals surface area contributed by atoms with Gasteiger partial charge in [0.25, 0.3) is 0 Å². The molecule has 0 radical (unpaired) electrons. The molecule has 5 nitrogen and oxygen atoms in total. The van der Waals surface area contributed by atoms with Crippen LogP contribution in [-0.4, -0.2) is 24.1 Å². The Kier molecular flexibility index (Phi) is 7.47. The number of para-hydroxylation sites is 3. The molecular formula is C55H33N5S. The van der Waals surface area contributed by atoms with Crippen LogP contribution in [-0.2, 0) is 0 Å². The molecule has 0 bridgehead atoms.